The van der Waals surface area contributed by atoms with Crippen molar-refractivity contribution in [3.8, 4) is 0 Å². The van der Waals surface area contributed by atoms with Crippen LogP contribution in [0.25, 0.3) is 11.2 Å². The fourth-order valence-corrected chi connectivity index (χ4v) is 3.51. The van der Waals surface area contributed by atoms with Crippen molar-refractivity contribution in [3.05, 3.63) is 35.9 Å². The van der Waals surface area contributed by atoms with Gasteiger partial charge in [-0.3, -0.25) is 9.89 Å². The summed E-state index contributed by atoms with van der Waals surface area (Å²) in [6.45, 7) is 9.85. The topological polar surface area (TPSA) is 70.4 Å². The summed E-state index contributed by atoms with van der Waals surface area (Å²) < 4.78 is 2.20. The van der Waals surface area contributed by atoms with Crippen LogP contribution in [-0.2, 0) is 13.1 Å². The largest absolute Gasteiger partial charge is 0.344 e. The van der Waals surface area contributed by atoms with Crippen LogP contribution in [0.4, 0.5) is 0 Å². The van der Waals surface area contributed by atoms with Crippen LogP contribution in [0.2, 0.25) is 0 Å². The second-order valence-electron chi connectivity index (χ2n) is 6.61. The van der Waals surface area contributed by atoms with Gasteiger partial charge in [0.05, 0.1) is 19.1 Å². The van der Waals surface area contributed by atoms with E-state index in [1.165, 1.54) is 0 Å². The van der Waals surface area contributed by atoms with Crippen molar-refractivity contribution in [2.24, 2.45) is 4.99 Å². The van der Waals surface area contributed by atoms with Crippen molar-refractivity contribution in [3.63, 3.8) is 0 Å². The third kappa shape index (κ3) is 3.29. The minimum atomic E-state index is 0.194. The number of fused-ring (bicyclic) bond motifs is 1. The number of amidine groups is 1. The van der Waals surface area contributed by atoms with Crippen molar-refractivity contribution in [2.75, 3.05) is 26.2 Å². The number of aliphatic imine (C=N–C) groups is 1. The highest BCUT2D eigenvalue weighted by Crippen LogP contribution is 2.18. The Morgan fingerprint density at radius 2 is 2.12 bits per heavy atom. The van der Waals surface area contributed by atoms with Crippen LogP contribution in [0.5, 0.6) is 0 Å². The summed E-state index contributed by atoms with van der Waals surface area (Å²) in [5.41, 5.74) is 3.04. The Labute approximate surface area is 147 Å². The quantitative estimate of drug-likeness (QED) is 0.874. The second kappa shape index (κ2) is 6.93. The molecule has 25 heavy (non-hydrogen) atoms. The zero-order valence-corrected chi connectivity index (χ0v) is 14.9. The molecule has 4 heterocycles. The van der Waals surface area contributed by atoms with E-state index in [4.69, 9.17) is 9.98 Å². The number of nitrogens with zero attached hydrogens (tertiary/aromatic N) is 5. The number of rotatable bonds is 4. The molecule has 0 saturated carbocycles. The molecule has 1 fully saturated rings. The third-order valence-electron chi connectivity index (χ3n) is 4.86. The first-order valence-corrected chi connectivity index (χ1v) is 8.97. The maximum Gasteiger partial charge on any atom is 0.160 e. The molecule has 0 radical (unpaired) electrons. The van der Waals surface area contributed by atoms with Gasteiger partial charge >= 0.3 is 0 Å². The summed E-state index contributed by atoms with van der Waals surface area (Å²) in [7, 11) is 0. The zero-order valence-electron chi connectivity index (χ0n) is 14.9. The van der Waals surface area contributed by atoms with Gasteiger partial charge in [0, 0.05) is 38.1 Å². The van der Waals surface area contributed by atoms with Crippen molar-refractivity contribution >= 4 is 17.0 Å². The fraction of sp³-hybridized carbons (Fsp3) is 0.500. The molecule has 2 aromatic rings. The van der Waals surface area contributed by atoms with E-state index in [0.29, 0.717) is 6.54 Å². The summed E-state index contributed by atoms with van der Waals surface area (Å²) >= 11 is 0. The van der Waals surface area contributed by atoms with Crippen LogP contribution < -0.4 is 10.6 Å². The van der Waals surface area contributed by atoms with Crippen LogP contribution in [0.1, 0.15) is 19.7 Å². The van der Waals surface area contributed by atoms with Crippen molar-refractivity contribution in [1.82, 2.24) is 30.1 Å². The smallest absolute Gasteiger partial charge is 0.160 e. The Bertz CT molecular complexity index is 814. The molecule has 0 aliphatic carbocycles. The Morgan fingerprint density at radius 1 is 1.28 bits per heavy atom. The van der Waals surface area contributed by atoms with Gasteiger partial charge < -0.3 is 15.2 Å². The van der Waals surface area contributed by atoms with Crippen LogP contribution in [-0.4, -0.2) is 57.5 Å². The van der Waals surface area contributed by atoms with Gasteiger partial charge in [0.25, 0.3) is 0 Å². The van der Waals surface area contributed by atoms with Gasteiger partial charge in [-0.1, -0.05) is 6.08 Å². The van der Waals surface area contributed by atoms with Gasteiger partial charge in [-0.15, -0.1) is 0 Å². The Balaban J connectivity index is 1.64. The summed E-state index contributed by atoms with van der Waals surface area (Å²) in [6, 6.07) is 4.17. The number of aromatic nitrogens is 3. The van der Waals surface area contributed by atoms with E-state index in [1.807, 2.05) is 25.3 Å². The summed E-state index contributed by atoms with van der Waals surface area (Å²) in [4.78, 5) is 16.6. The molecule has 2 aliphatic heterocycles. The Morgan fingerprint density at radius 3 is 2.88 bits per heavy atom. The minimum Gasteiger partial charge on any atom is -0.344 e. The number of hydrogen-bond acceptors (Lipinski definition) is 6. The molecular formula is C18H25N7. The molecule has 2 N–H and O–H groups in total. The molecule has 1 atom stereocenters. The predicted molar refractivity (Wildman–Crippen MR) is 99.5 cm³/mol. The first-order chi connectivity index (χ1) is 12.2. The highest BCUT2D eigenvalue weighted by Gasteiger charge is 2.21. The van der Waals surface area contributed by atoms with Gasteiger partial charge in [-0.05, 0) is 26.0 Å². The highest BCUT2D eigenvalue weighted by atomic mass is 15.2. The monoisotopic (exact) mass is 339 g/mol. The molecule has 1 saturated heterocycles. The summed E-state index contributed by atoms with van der Waals surface area (Å²) in [5.74, 6) is 2.04. The Kier molecular flexibility index (Phi) is 4.50. The molecule has 7 nitrogen and oxygen atoms in total. The molecule has 2 aromatic heterocycles. The second-order valence-corrected chi connectivity index (χ2v) is 6.61. The van der Waals surface area contributed by atoms with Gasteiger partial charge in [-0.25, -0.2) is 9.97 Å². The number of nitrogens with one attached hydrogen (secondary N) is 2. The molecule has 0 aromatic carbocycles. The molecule has 132 valence electrons. The van der Waals surface area contributed by atoms with E-state index in [9.17, 15) is 0 Å². The van der Waals surface area contributed by atoms with E-state index >= 15 is 0 Å². The van der Waals surface area contributed by atoms with Crippen molar-refractivity contribution in [2.45, 2.75) is 33.0 Å². The molecule has 7 heteroatoms. The van der Waals surface area contributed by atoms with Crippen molar-refractivity contribution < 1.29 is 0 Å². The number of imidazole rings is 1. The molecular weight excluding hydrogens is 314 g/mol. The minimum absolute atomic E-state index is 0.194. The maximum atomic E-state index is 4.85. The van der Waals surface area contributed by atoms with Crippen LogP contribution >= 0.6 is 0 Å². The lowest BCUT2D eigenvalue weighted by molar-refractivity contribution is 0.226. The maximum absolute atomic E-state index is 4.85. The molecule has 0 spiro atoms. The Hall–Kier alpha value is -2.25. The van der Waals surface area contributed by atoms with E-state index in [1.54, 1.807) is 0 Å². The molecule has 4 rings (SSSR count). The van der Waals surface area contributed by atoms with E-state index < -0.39 is 0 Å². The molecule has 0 bridgehead atoms. The number of allylic oxidation sites excluding steroid dienone is 1. The van der Waals surface area contributed by atoms with Crippen LogP contribution in [0.3, 0.4) is 0 Å². The average Bonchev–Trinajstić information content (AvgIpc) is 3.16. The SMILES string of the molecule is C/C=C1/NC(Cn2c(CN3CCNCC3)nc3cccnc32)=NC1C. The third-order valence-corrected chi connectivity index (χ3v) is 4.86. The van der Waals surface area contributed by atoms with E-state index in [0.717, 1.165) is 61.2 Å². The summed E-state index contributed by atoms with van der Waals surface area (Å²) in [5, 5.41) is 6.84. The van der Waals surface area contributed by atoms with Crippen molar-refractivity contribution in [1.29, 1.82) is 0 Å². The standard InChI is InChI=1S/C18H25N7/c1-3-14-13(2)21-16(22-14)11-25-17(12-24-9-7-19-8-10-24)23-15-5-4-6-20-18(15)25/h3-6,13,19H,7-12H2,1-2H3,(H,21,22)/b14-3+. The van der Waals surface area contributed by atoms with Crippen LogP contribution in [0, 0.1) is 0 Å². The average molecular weight is 339 g/mol. The number of hydrogen-bond donors (Lipinski definition) is 2. The highest BCUT2D eigenvalue weighted by molar-refractivity contribution is 5.87. The first-order valence-electron chi connectivity index (χ1n) is 8.97. The summed E-state index contributed by atoms with van der Waals surface area (Å²) in [6.07, 6.45) is 3.92. The molecule has 0 amide bonds. The predicted octanol–water partition coefficient (Wildman–Crippen LogP) is 1.13. The lowest BCUT2D eigenvalue weighted by atomic mass is 10.2. The number of pyridine rings is 1. The van der Waals surface area contributed by atoms with Crippen LogP contribution in [0.15, 0.2) is 35.1 Å². The van der Waals surface area contributed by atoms with Gasteiger partial charge in [0.2, 0.25) is 0 Å². The van der Waals surface area contributed by atoms with Gasteiger partial charge in [0.1, 0.15) is 17.2 Å². The fourth-order valence-electron chi connectivity index (χ4n) is 3.51. The van der Waals surface area contributed by atoms with E-state index in [2.05, 4.69) is 38.1 Å². The number of piperazine rings is 1. The van der Waals surface area contributed by atoms with E-state index in [-0.39, 0.29) is 6.04 Å². The first kappa shape index (κ1) is 16.2. The molecule has 1 unspecified atom stereocenters. The molecule has 2 aliphatic rings. The normalized spacial score (nSPS) is 23.2. The van der Waals surface area contributed by atoms with Gasteiger partial charge in [0.15, 0.2) is 5.65 Å². The lowest BCUT2D eigenvalue weighted by Gasteiger charge is -2.27. The lowest BCUT2D eigenvalue weighted by Crippen LogP contribution is -2.43. The van der Waals surface area contributed by atoms with Gasteiger partial charge in [-0.2, -0.15) is 0 Å². The zero-order chi connectivity index (χ0) is 17.2.